The van der Waals surface area contributed by atoms with Crippen molar-refractivity contribution in [1.82, 2.24) is 10.2 Å². The predicted octanol–water partition coefficient (Wildman–Crippen LogP) is 5.77. The Bertz CT molecular complexity index is 1100. The van der Waals surface area contributed by atoms with Gasteiger partial charge in [0.25, 0.3) is 0 Å². The summed E-state index contributed by atoms with van der Waals surface area (Å²) in [5, 5.41) is 14.8. The van der Waals surface area contributed by atoms with E-state index in [1.165, 1.54) is 17.7 Å². The molecule has 232 valence electrons. The van der Waals surface area contributed by atoms with Crippen molar-refractivity contribution in [1.29, 1.82) is 0 Å². The number of rotatable bonds is 3. The van der Waals surface area contributed by atoms with Gasteiger partial charge in [-0.3, -0.25) is 4.90 Å². The van der Waals surface area contributed by atoms with E-state index < -0.39 is 24.9 Å². The number of nitrogens with zero attached hydrogens (tertiary/aromatic N) is 1. The maximum Gasteiger partial charge on any atom is 0.407 e. The molecular formula is C32H49F3N2O4. The number of hydrogen-bond donors (Lipinski definition) is 2. The molecule has 11 atom stereocenters. The summed E-state index contributed by atoms with van der Waals surface area (Å²) in [6, 6.07) is -0.296. The highest BCUT2D eigenvalue weighted by Gasteiger charge is 2.84. The first-order valence-electron chi connectivity index (χ1n) is 16.1. The van der Waals surface area contributed by atoms with Crippen molar-refractivity contribution >= 4 is 6.09 Å². The van der Waals surface area contributed by atoms with Gasteiger partial charge in [-0.25, -0.2) is 4.79 Å². The molecule has 9 heteroatoms. The summed E-state index contributed by atoms with van der Waals surface area (Å²) < 4.78 is 50.2. The van der Waals surface area contributed by atoms with Crippen LogP contribution in [0.15, 0.2) is 0 Å². The molecule has 2 N–H and O–H groups in total. The molecule has 5 aliphatic carbocycles. The van der Waals surface area contributed by atoms with E-state index in [1.54, 1.807) is 0 Å². The second-order valence-corrected chi connectivity index (χ2v) is 16.3. The third-order valence-corrected chi connectivity index (χ3v) is 14.6. The van der Waals surface area contributed by atoms with E-state index in [2.05, 4.69) is 39.9 Å². The van der Waals surface area contributed by atoms with Crippen LogP contribution in [0.25, 0.3) is 0 Å². The lowest BCUT2D eigenvalue weighted by atomic mass is 9.41. The number of fused-ring (bicyclic) bond motifs is 4. The molecule has 0 aromatic rings. The molecule has 3 unspecified atom stereocenters. The fourth-order valence-corrected chi connectivity index (χ4v) is 12.7. The number of likely N-dealkylation sites (tertiary alicyclic amines) is 1. The molecule has 2 aliphatic heterocycles. The standard InChI is InChI=1S/C32H49F3N2O4/c1-18-9-13-40-24-23(18)28(4)11-12-31-16-30(31)10-8-22(41-26(39)36-19-14-37(15-19)17-32(33,34)35)27(2,3)20(30)6-7-21(31)29(28,5)25(24)38/h18-25,38H,6-17H2,1-5H3,(H,36,39)/t18-,20+,21?,22+,23+,24?,25+,28-,29-,30-,31?/m1/s1. The van der Waals surface area contributed by atoms with E-state index in [4.69, 9.17) is 9.47 Å². The first-order valence-corrected chi connectivity index (χ1v) is 16.1. The second-order valence-electron chi connectivity index (χ2n) is 16.3. The normalized spacial score (nSPS) is 52.2. The van der Waals surface area contributed by atoms with E-state index in [9.17, 15) is 23.1 Å². The predicted molar refractivity (Wildman–Crippen MR) is 147 cm³/mol. The van der Waals surface area contributed by atoms with Gasteiger partial charge in [0.05, 0.1) is 24.8 Å². The smallest absolute Gasteiger partial charge is 0.407 e. The lowest BCUT2D eigenvalue weighted by Gasteiger charge is -2.63. The number of carbonyl (C=O) groups is 1. The Morgan fingerprint density at radius 1 is 1.02 bits per heavy atom. The highest BCUT2D eigenvalue weighted by molar-refractivity contribution is 5.68. The maximum absolute atomic E-state index is 12.8. The molecule has 7 aliphatic rings. The summed E-state index contributed by atoms with van der Waals surface area (Å²) in [4.78, 5) is 14.1. The molecule has 1 amide bonds. The van der Waals surface area contributed by atoms with E-state index >= 15 is 0 Å². The van der Waals surface area contributed by atoms with Gasteiger partial charge in [-0.05, 0) is 91.3 Å². The minimum Gasteiger partial charge on any atom is -0.446 e. The van der Waals surface area contributed by atoms with Crippen molar-refractivity contribution in [3.8, 4) is 0 Å². The lowest BCUT2D eigenvalue weighted by molar-refractivity contribution is -0.182. The van der Waals surface area contributed by atoms with Crippen LogP contribution in [0.1, 0.15) is 86.0 Å². The number of alkyl carbamates (subject to hydrolysis) is 1. The highest BCUT2D eigenvalue weighted by atomic mass is 19.4. The van der Waals surface area contributed by atoms with Crippen LogP contribution in [0.4, 0.5) is 18.0 Å². The fraction of sp³-hybridized carbons (Fsp3) is 0.969. The van der Waals surface area contributed by atoms with Crippen molar-refractivity contribution < 1.29 is 32.5 Å². The number of amides is 1. The van der Waals surface area contributed by atoms with Gasteiger partial charge in [0.2, 0.25) is 0 Å². The van der Waals surface area contributed by atoms with Crippen molar-refractivity contribution in [3.63, 3.8) is 0 Å². The highest BCUT2D eigenvalue weighted by Crippen LogP contribution is 2.89. The minimum absolute atomic E-state index is 0.0494. The third kappa shape index (κ3) is 3.69. The van der Waals surface area contributed by atoms with Crippen LogP contribution < -0.4 is 5.32 Å². The second kappa shape index (κ2) is 8.77. The number of alkyl halides is 3. The molecule has 0 aromatic carbocycles. The Morgan fingerprint density at radius 3 is 2.41 bits per heavy atom. The van der Waals surface area contributed by atoms with Gasteiger partial charge in [0.15, 0.2) is 0 Å². The van der Waals surface area contributed by atoms with E-state index in [0.717, 1.165) is 45.1 Å². The average molecular weight is 583 g/mol. The van der Waals surface area contributed by atoms with Gasteiger partial charge in [0, 0.05) is 30.5 Å². The van der Waals surface area contributed by atoms with Crippen LogP contribution in [0.2, 0.25) is 0 Å². The zero-order valence-electron chi connectivity index (χ0n) is 25.4. The Balaban J connectivity index is 1.05. The van der Waals surface area contributed by atoms with Crippen LogP contribution in [0.3, 0.4) is 0 Å². The van der Waals surface area contributed by atoms with Gasteiger partial charge < -0.3 is 19.9 Å². The first kappa shape index (κ1) is 28.7. The Hall–Kier alpha value is -1.06. The zero-order valence-corrected chi connectivity index (χ0v) is 25.4. The molecule has 7 fully saturated rings. The fourth-order valence-electron chi connectivity index (χ4n) is 12.7. The molecule has 2 saturated heterocycles. The lowest BCUT2D eigenvalue weighted by Crippen LogP contribution is -2.62. The summed E-state index contributed by atoms with van der Waals surface area (Å²) in [6.07, 6.45) is 3.31. The monoisotopic (exact) mass is 582 g/mol. The summed E-state index contributed by atoms with van der Waals surface area (Å²) in [7, 11) is 0. The molecule has 2 spiro atoms. The SMILES string of the molecule is C[C@@H]1CCOC2[C@H]1[C@@]1(C)CCC34C[C@@]35CC[C@H](OC(=O)NC3CN(CC(F)(F)F)C3)C(C)(C)[C@@H]5CCC4[C@]1(C)[C@H]2O. The Morgan fingerprint density at radius 2 is 1.71 bits per heavy atom. The Kier molecular flexibility index (Phi) is 6.14. The van der Waals surface area contributed by atoms with Crippen LogP contribution in [-0.2, 0) is 9.47 Å². The largest absolute Gasteiger partial charge is 0.446 e. The van der Waals surface area contributed by atoms with Gasteiger partial charge in [-0.1, -0.05) is 34.6 Å². The number of halogens is 3. The number of hydrogen-bond acceptors (Lipinski definition) is 5. The van der Waals surface area contributed by atoms with Crippen LogP contribution in [0, 0.1) is 50.7 Å². The van der Waals surface area contributed by atoms with Gasteiger partial charge in [-0.2, -0.15) is 13.2 Å². The third-order valence-electron chi connectivity index (χ3n) is 14.6. The van der Waals surface area contributed by atoms with Gasteiger partial charge in [-0.15, -0.1) is 0 Å². The van der Waals surface area contributed by atoms with Crippen molar-refractivity contribution in [3.05, 3.63) is 0 Å². The average Bonchev–Trinajstić information content (AvgIpc) is 3.49. The van der Waals surface area contributed by atoms with Crippen LogP contribution in [-0.4, -0.2) is 72.9 Å². The molecule has 41 heavy (non-hydrogen) atoms. The quantitative estimate of drug-likeness (QED) is 0.442. The first-order chi connectivity index (χ1) is 19.1. The van der Waals surface area contributed by atoms with Gasteiger partial charge >= 0.3 is 12.3 Å². The number of aliphatic hydroxyl groups excluding tert-OH is 1. The van der Waals surface area contributed by atoms with Crippen molar-refractivity contribution in [2.24, 2.45) is 50.7 Å². The Labute approximate surface area is 242 Å². The van der Waals surface area contributed by atoms with E-state index in [0.29, 0.717) is 23.7 Å². The molecule has 0 bridgehead atoms. The summed E-state index contributed by atoms with van der Waals surface area (Å²) >= 11 is 0. The molecular weight excluding hydrogens is 533 g/mol. The summed E-state index contributed by atoms with van der Waals surface area (Å²) in [5.74, 6) is 1.92. The molecule has 0 aromatic heterocycles. The van der Waals surface area contributed by atoms with Gasteiger partial charge in [0.1, 0.15) is 6.10 Å². The number of nitrogens with one attached hydrogen (secondary N) is 1. The van der Waals surface area contributed by atoms with Crippen molar-refractivity contribution in [2.75, 3.05) is 26.2 Å². The summed E-state index contributed by atoms with van der Waals surface area (Å²) in [6.45, 7) is 12.0. The molecule has 7 rings (SSSR count). The zero-order chi connectivity index (χ0) is 29.4. The molecule has 2 heterocycles. The topological polar surface area (TPSA) is 71.0 Å². The number of ether oxygens (including phenoxy) is 2. The van der Waals surface area contributed by atoms with Crippen LogP contribution >= 0.6 is 0 Å². The van der Waals surface area contributed by atoms with E-state index in [-0.39, 0.29) is 58.4 Å². The molecule has 0 radical (unpaired) electrons. The number of aliphatic hydroxyl groups is 1. The van der Waals surface area contributed by atoms with E-state index in [1.807, 2.05) is 0 Å². The van der Waals surface area contributed by atoms with Crippen LogP contribution in [0.5, 0.6) is 0 Å². The molecule has 5 saturated carbocycles. The number of carbonyl (C=O) groups excluding carboxylic acids is 1. The maximum atomic E-state index is 12.8. The summed E-state index contributed by atoms with van der Waals surface area (Å²) in [5.41, 5.74) is 0.225. The minimum atomic E-state index is -4.22. The molecule has 6 nitrogen and oxygen atoms in total. The van der Waals surface area contributed by atoms with Crippen molar-refractivity contribution in [2.45, 2.75) is 117 Å².